The summed E-state index contributed by atoms with van der Waals surface area (Å²) in [5, 5.41) is 2.93. The molecule has 1 aromatic rings. The van der Waals surface area contributed by atoms with Crippen molar-refractivity contribution in [2.24, 2.45) is 5.92 Å². The van der Waals surface area contributed by atoms with Gasteiger partial charge in [-0.1, -0.05) is 11.8 Å². The van der Waals surface area contributed by atoms with Crippen LogP contribution >= 0.6 is 11.8 Å². The molecular weight excluding hydrogens is 322 g/mol. The van der Waals surface area contributed by atoms with Gasteiger partial charge in [-0.05, 0) is 43.1 Å². The number of hydrogen-bond donors (Lipinski definition) is 1. The highest BCUT2D eigenvalue weighted by Crippen LogP contribution is 2.25. The fourth-order valence-corrected chi connectivity index (χ4v) is 3.13. The molecule has 0 bridgehead atoms. The molecular formula is C16H22F2N2O2S. The van der Waals surface area contributed by atoms with Crippen LogP contribution in [0.25, 0.3) is 0 Å². The third-order valence-electron chi connectivity index (χ3n) is 3.87. The maximum atomic E-state index is 12.3. The van der Waals surface area contributed by atoms with Gasteiger partial charge in [0.1, 0.15) is 0 Å². The highest BCUT2D eigenvalue weighted by atomic mass is 32.2. The topological polar surface area (TPSA) is 41.6 Å². The fourth-order valence-electron chi connectivity index (χ4n) is 2.63. The third kappa shape index (κ3) is 6.08. The van der Waals surface area contributed by atoms with Gasteiger partial charge in [-0.15, -0.1) is 0 Å². The molecule has 7 heteroatoms. The first-order chi connectivity index (χ1) is 11.1. The monoisotopic (exact) mass is 344 g/mol. The number of amides is 1. The number of alkyl halides is 2. The van der Waals surface area contributed by atoms with Crippen molar-refractivity contribution >= 4 is 17.7 Å². The van der Waals surface area contributed by atoms with Crippen LogP contribution < -0.4 is 5.32 Å². The Labute approximate surface area is 139 Å². The number of nitrogens with one attached hydrogen (secondary N) is 1. The lowest BCUT2D eigenvalue weighted by Gasteiger charge is -2.15. The summed E-state index contributed by atoms with van der Waals surface area (Å²) in [6.45, 7) is 4.28. The molecule has 1 aliphatic heterocycles. The fraction of sp³-hybridized carbons (Fsp3) is 0.562. The zero-order valence-corrected chi connectivity index (χ0v) is 14.0. The van der Waals surface area contributed by atoms with Gasteiger partial charge in [-0.2, -0.15) is 8.78 Å². The van der Waals surface area contributed by atoms with Gasteiger partial charge in [0.2, 0.25) is 0 Å². The molecule has 1 aromatic carbocycles. The molecule has 0 aliphatic carbocycles. The number of benzene rings is 1. The number of methoxy groups -OCH3 is 1. The zero-order valence-electron chi connectivity index (χ0n) is 13.1. The predicted molar refractivity (Wildman–Crippen MR) is 87.1 cm³/mol. The average Bonchev–Trinajstić information content (AvgIpc) is 2.98. The van der Waals surface area contributed by atoms with Gasteiger partial charge in [0, 0.05) is 37.2 Å². The number of carbonyl (C=O) groups is 1. The molecule has 0 saturated carbocycles. The van der Waals surface area contributed by atoms with Gasteiger partial charge in [0.15, 0.2) is 0 Å². The molecule has 1 atom stereocenters. The summed E-state index contributed by atoms with van der Waals surface area (Å²) < 4.78 is 29.6. The van der Waals surface area contributed by atoms with Gasteiger partial charge in [-0.3, -0.25) is 4.79 Å². The molecule has 0 spiro atoms. The highest BCUT2D eigenvalue weighted by Gasteiger charge is 2.22. The van der Waals surface area contributed by atoms with Crippen LogP contribution in [0.2, 0.25) is 0 Å². The molecule has 1 saturated heterocycles. The standard InChI is InChI=1S/C16H22F2N2O2S/c1-22-9-8-20-7-6-12(11-20)10-19-15(21)13-2-4-14(5-3-13)23-16(17)18/h2-5,12,16H,6-11H2,1H3,(H,19,21)/t12-/m0/s1. The molecule has 0 radical (unpaired) electrons. The lowest BCUT2D eigenvalue weighted by molar-refractivity contribution is 0.0946. The van der Waals surface area contributed by atoms with Crippen molar-refractivity contribution in [3.05, 3.63) is 29.8 Å². The number of ether oxygens (including phenoxy) is 1. The number of carbonyl (C=O) groups excluding carboxylic acids is 1. The van der Waals surface area contributed by atoms with Crippen molar-refractivity contribution in [1.82, 2.24) is 10.2 Å². The lowest BCUT2D eigenvalue weighted by atomic mass is 10.1. The van der Waals surface area contributed by atoms with Crippen molar-refractivity contribution < 1.29 is 18.3 Å². The Bertz CT molecular complexity index is 499. The maximum Gasteiger partial charge on any atom is 0.288 e. The van der Waals surface area contributed by atoms with Crippen molar-refractivity contribution in [2.45, 2.75) is 17.1 Å². The van der Waals surface area contributed by atoms with Gasteiger partial charge in [0.25, 0.3) is 11.7 Å². The van der Waals surface area contributed by atoms with Crippen LogP contribution in [0.4, 0.5) is 8.78 Å². The molecule has 1 aliphatic rings. The number of rotatable bonds is 8. The normalized spacial score (nSPS) is 18.5. The number of likely N-dealkylation sites (tertiary alicyclic amines) is 1. The Morgan fingerprint density at radius 2 is 2.17 bits per heavy atom. The van der Waals surface area contributed by atoms with Crippen molar-refractivity contribution in [3.8, 4) is 0 Å². The molecule has 0 unspecified atom stereocenters. The molecule has 1 amide bonds. The summed E-state index contributed by atoms with van der Waals surface area (Å²) in [5.41, 5.74) is 0.498. The maximum absolute atomic E-state index is 12.3. The smallest absolute Gasteiger partial charge is 0.288 e. The first kappa shape index (κ1) is 18.2. The van der Waals surface area contributed by atoms with E-state index < -0.39 is 5.76 Å². The van der Waals surface area contributed by atoms with Crippen LogP contribution in [0.3, 0.4) is 0 Å². The van der Waals surface area contributed by atoms with Crippen LogP contribution in [0.1, 0.15) is 16.8 Å². The molecule has 1 fully saturated rings. The van der Waals surface area contributed by atoms with E-state index in [9.17, 15) is 13.6 Å². The summed E-state index contributed by atoms with van der Waals surface area (Å²) >= 11 is 0.478. The quantitative estimate of drug-likeness (QED) is 0.736. The van der Waals surface area contributed by atoms with Crippen molar-refractivity contribution in [3.63, 3.8) is 0 Å². The summed E-state index contributed by atoms with van der Waals surface area (Å²) in [4.78, 5) is 14.9. The number of halogens is 2. The average molecular weight is 344 g/mol. The van der Waals surface area contributed by atoms with Crippen LogP contribution in [0.15, 0.2) is 29.2 Å². The summed E-state index contributed by atoms with van der Waals surface area (Å²) in [7, 11) is 1.69. The minimum atomic E-state index is -2.45. The van der Waals surface area contributed by atoms with Crippen LogP contribution in [-0.2, 0) is 4.74 Å². The van der Waals surface area contributed by atoms with Gasteiger partial charge >= 0.3 is 0 Å². The predicted octanol–water partition coefficient (Wildman–Crippen LogP) is 2.70. The van der Waals surface area contributed by atoms with Gasteiger partial charge in [0.05, 0.1) is 6.61 Å². The summed E-state index contributed by atoms with van der Waals surface area (Å²) in [6.07, 6.45) is 1.06. The van der Waals surface area contributed by atoms with Crippen LogP contribution in [0.5, 0.6) is 0 Å². The van der Waals surface area contributed by atoms with Gasteiger partial charge < -0.3 is 15.0 Å². The molecule has 2 rings (SSSR count). The Morgan fingerprint density at radius 3 is 2.83 bits per heavy atom. The summed E-state index contributed by atoms with van der Waals surface area (Å²) in [5.74, 6) is -2.16. The first-order valence-electron chi connectivity index (χ1n) is 7.63. The Balaban J connectivity index is 1.74. The van der Waals surface area contributed by atoms with E-state index in [4.69, 9.17) is 4.74 Å². The largest absolute Gasteiger partial charge is 0.383 e. The second-order valence-corrected chi connectivity index (χ2v) is 6.62. The SMILES string of the molecule is COCCN1CC[C@@H](CNC(=O)c2ccc(SC(F)F)cc2)C1. The molecule has 4 nitrogen and oxygen atoms in total. The third-order valence-corrected chi connectivity index (χ3v) is 4.60. The molecule has 128 valence electrons. The molecule has 1 N–H and O–H groups in total. The minimum absolute atomic E-state index is 0.158. The Kier molecular flexibility index (Phi) is 7.26. The second kappa shape index (κ2) is 9.20. The number of thioether (sulfide) groups is 1. The lowest BCUT2D eigenvalue weighted by Crippen LogP contribution is -2.31. The Morgan fingerprint density at radius 1 is 1.43 bits per heavy atom. The van der Waals surface area contributed by atoms with Crippen molar-refractivity contribution in [1.29, 1.82) is 0 Å². The van der Waals surface area contributed by atoms with Crippen molar-refractivity contribution in [2.75, 3.05) is 39.9 Å². The van der Waals surface area contributed by atoms with E-state index in [-0.39, 0.29) is 5.91 Å². The van der Waals surface area contributed by atoms with Gasteiger partial charge in [-0.25, -0.2) is 0 Å². The van der Waals surface area contributed by atoms with Crippen LogP contribution in [0, 0.1) is 5.92 Å². The number of hydrogen-bond acceptors (Lipinski definition) is 4. The Hall–Kier alpha value is -1.18. The summed E-state index contributed by atoms with van der Waals surface area (Å²) in [6, 6.07) is 6.26. The first-order valence-corrected chi connectivity index (χ1v) is 8.51. The second-order valence-electron chi connectivity index (χ2n) is 5.56. The minimum Gasteiger partial charge on any atom is -0.383 e. The zero-order chi connectivity index (χ0) is 16.7. The van der Waals surface area contributed by atoms with E-state index in [2.05, 4.69) is 10.2 Å². The molecule has 23 heavy (non-hydrogen) atoms. The van der Waals surface area contributed by atoms with E-state index in [1.807, 2.05) is 0 Å². The van der Waals surface area contributed by atoms with E-state index in [0.29, 0.717) is 34.7 Å². The van der Waals surface area contributed by atoms with E-state index in [1.165, 1.54) is 0 Å². The van der Waals surface area contributed by atoms with Crippen LogP contribution in [-0.4, -0.2) is 56.5 Å². The van der Waals surface area contributed by atoms with E-state index >= 15 is 0 Å². The molecule has 1 heterocycles. The highest BCUT2D eigenvalue weighted by molar-refractivity contribution is 7.99. The van der Waals surface area contributed by atoms with E-state index in [0.717, 1.165) is 32.7 Å². The number of nitrogens with zero attached hydrogens (tertiary/aromatic N) is 1. The molecule has 0 aromatic heterocycles. The van der Waals surface area contributed by atoms with E-state index in [1.54, 1.807) is 31.4 Å².